The second-order valence-corrected chi connectivity index (χ2v) is 11.1. The highest BCUT2D eigenvalue weighted by Gasteiger charge is 2.16. The molecule has 0 saturated carbocycles. The summed E-state index contributed by atoms with van der Waals surface area (Å²) >= 11 is 1.12. The quantitative estimate of drug-likeness (QED) is 0.275. The van der Waals surface area contributed by atoms with Gasteiger partial charge in [0.05, 0.1) is 16.8 Å². The molecule has 9 heteroatoms. The highest BCUT2D eigenvalue weighted by atomic mass is 32.1. The van der Waals surface area contributed by atoms with Gasteiger partial charge in [0.25, 0.3) is 5.56 Å². The normalized spacial score (nSPS) is 12.0. The fourth-order valence-corrected chi connectivity index (χ4v) is 5.37. The van der Waals surface area contributed by atoms with Crippen molar-refractivity contribution in [3.05, 3.63) is 121 Å². The molecule has 41 heavy (non-hydrogen) atoms. The van der Waals surface area contributed by atoms with Gasteiger partial charge in [0.15, 0.2) is 5.69 Å². The minimum Gasteiger partial charge on any atom is -0.493 e. The molecule has 3 aromatic heterocycles. The molecule has 0 aliphatic rings. The molecule has 6 aromatic rings. The number of hydrogen-bond acceptors (Lipinski definition) is 7. The molecular weight excluding hydrogens is 534 g/mol. The zero-order valence-corrected chi connectivity index (χ0v) is 23.6. The van der Waals surface area contributed by atoms with Gasteiger partial charge in [0.1, 0.15) is 11.4 Å². The van der Waals surface area contributed by atoms with Crippen LogP contribution in [-0.4, -0.2) is 31.0 Å². The lowest BCUT2D eigenvalue weighted by molar-refractivity contribution is 0.269. The summed E-state index contributed by atoms with van der Waals surface area (Å²) in [5.41, 5.74) is 4.17. The Morgan fingerprint density at radius 2 is 1.63 bits per heavy atom. The molecule has 8 nitrogen and oxygen atoms in total. The van der Waals surface area contributed by atoms with Gasteiger partial charge in [0, 0.05) is 22.9 Å². The van der Waals surface area contributed by atoms with E-state index >= 15 is 0 Å². The van der Waals surface area contributed by atoms with Gasteiger partial charge in [-0.3, -0.25) is 9.59 Å². The summed E-state index contributed by atoms with van der Waals surface area (Å²) in [5.74, 6) is 1.25. The Bertz CT molecular complexity index is 2030. The van der Waals surface area contributed by atoms with E-state index in [4.69, 9.17) is 9.84 Å². The molecule has 0 spiro atoms. The molecule has 0 bridgehead atoms. The molecule has 0 amide bonds. The Morgan fingerprint density at radius 1 is 0.902 bits per heavy atom. The molecule has 3 aromatic carbocycles. The van der Waals surface area contributed by atoms with Crippen LogP contribution < -0.4 is 20.4 Å². The van der Waals surface area contributed by atoms with E-state index in [1.165, 1.54) is 4.52 Å². The van der Waals surface area contributed by atoms with Crippen LogP contribution in [0.2, 0.25) is 0 Å². The number of para-hydroxylation sites is 1. The fourth-order valence-electron chi connectivity index (χ4n) is 4.47. The number of benzene rings is 3. The highest BCUT2D eigenvalue weighted by Crippen LogP contribution is 2.29. The lowest BCUT2D eigenvalue weighted by atomic mass is 10.0. The molecule has 0 atom stereocenters. The van der Waals surface area contributed by atoms with E-state index in [0.29, 0.717) is 28.3 Å². The first-order chi connectivity index (χ1) is 19.9. The van der Waals surface area contributed by atoms with E-state index in [-0.39, 0.29) is 16.2 Å². The van der Waals surface area contributed by atoms with E-state index < -0.39 is 5.56 Å². The fraction of sp³-hybridized carbons (Fsp3) is 0.156. The Hall–Kier alpha value is -4.89. The lowest BCUT2D eigenvalue weighted by Crippen LogP contribution is -2.26. The van der Waals surface area contributed by atoms with Crippen molar-refractivity contribution in [3.63, 3.8) is 0 Å². The van der Waals surface area contributed by atoms with Crippen LogP contribution in [0, 0.1) is 12.8 Å². The Balaban J connectivity index is 1.49. The van der Waals surface area contributed by atoms with E-state index in [1.54, 1.807) is 22.9 Å². The number of aromatic nitrogens is 5. The number of rotatable bonds is 7. The van der Waals surface area contributed by atoms with Crippen LogP contribution in [0.1, 0.15) is 25.0 Å². The van der Waals surface area contributed by atoms with Gasteiger partial charge in [-0.25, -0.2) is 4.68 Å². The molecule has 0 radical (unpaired) electrons. The van der Waals surface area contributed by atoms with Crippen molar-refractivity contribution < 1.29 is 4.74 Å². The average molecular weight is 562 g/mol. The van der Waals surface area contributed by atoms with Crippen LogP contribution in [0.5, 0.6) is 5.75 Å². The van der Waals surface area contributed by atoms with E-state index in [2.05, 4.69) is 23.9 Å². The van der Waals surface area contributed by atoms with E-state index in [0.717, 1.165) is 39.5 Å². The first-order valence-corrected chi connectivity index (χ1v) is 14.1. The van der Waals surface area contributed by atoms with Crippen LogP contribution in [0.4, 0.5) is 0 Å². The number of fused-ring (bicyclic) bond motifs is 1. The summed E-state index contributed by atoms with van der Waals surface area (Å²) in [6.07, 6.45) is 3.68. The maximum absolute atomic E-state index is 13.5. The van der Waals surface area contributed by atoms with Crippen molar-refractivity contribution in [1.82, 2.24) is 24.4 Å². The monoisotopic (exact) mass is 561 g/mol. The molecule has 0 fully saturated rings. The summed E-state index contributed by atoms with van der Waals surface area (Å²) in [6, 6.07) is 24.8. The minimum atomic E-state index is -0.475. The highest BCUT2D eigenvalue weighted by molar-refractivity contribution is 7.15. The van der Waals surface area contributed by atoms with Gasteiger partial charge in [-0.05, 0) is 54.8 Å². The topological polar surface area (TPSA) is 91.4 Å². The average Bonchev–Trinajstić information content (AvgIpc) is 3.53. The first kappa shape index (κ1) is 26.3. The number of aryl methyl sites for hydroxylation is 1. The predicted molar refractivity (Wildman–Crippen MR) is 162 cm³/mol. The lowest BCUT2D eigenvalue weighted by Gasteiger charge is -2.12. The molecule has 0 aliphatic heterocycles. The van der Waals surface area contributed by atoms with Gasteiger partial charge in [-0.1, -0.05) is 73.7 Å². The standard InChI is InChI=1S/C32H27N5O3S/c1-20(2)19-40-26-15-14-23(16-21(26)3)28-24(18-36(34-28)25-12-8-5-9-13-25)17-27-31(39)37-32(41-27)33-30(38)29(35-37)22-10-6-4-7-11-22/h4-18,20H,19H2,1-3H3. The van der Waals surface area contributed by atoms with Crippen molar-refractivity contribution in [2.75, 3.05) is 6.61 Å². The number of thiazole rings is 1. The Morgan fingerprint density at radius 3 is 2.34 bits per heavy atom. The van der Waals surface area contributed by atoms with Gasteiger partial charge in [-0.2, -0.15) is 19.7 Å². The van der Waals surface area contributed by atoms with Crippen LogP contribution in [-0.2, 0) is 0 Å². The van der Waals surface area contributed by atoms with Crippen molar-refractivity contribution in [2.24, 2.45) is 5.92 Å². The molecule has 0 unspecified atom stereocenters. The molecular formula is C32H27N5O3S. The van der Waals surface area contributed by atoms with E-state index in [9.17, 15) is 9.59 Å². The number of hydrogen-bond donors (Lipinski definition) is 0. The third kappa shape index (κ3) is 5.31. The molecule has 204 valence electrons. The van der Waals surface area contributed by atoms with Gasteiger partial charge in [0.2, 0.25) is 4.96 Å². The molecule has 6 rings (SSSR count). The smallest absolute Gasteiger partial charge is 0.300 e. The summed E-state index contributed by atoms with van der Waals surface area (Å²) in [5, 5.41) is 9.28. The summed E-state index contributed by atoms with van der Waals surface area (Å²) in [7, 11) is 0. The van der Waals surface area contributed by atoms with Gasteiger partial charge < -0.3 is 4.74 Å². The third-order valence-corrected chi connectivity index (χ3v) is 7.46. The third-order valence-electron chi connectivity index (χ3n) is 6.50. The summed E-state index contributed by atoms with van der Waals surface area (Å²) in [4.78, 5) is 30.6. The zero-order valence-electron chi connectivity index (χ0n) is 22.8. The largest absolute Gasteiger partial charge is 0.493 e. The van der Waals surface area contributed by atoms with Crippen LogP contribution >= 0.6 is 11.3 Å². The predicted octanol–water partition coefficient (Wildman–Crippen LogP) is 4.92. The Kier molecular flexibility index (Phi) is 7.03. The second kappa shape index (κ2) is 10.9. The van der Waals surface area contributed by atoms with Gasteiger partial charge >= 0.3 is 5.56 Å². The van der Waals surface area contributed by atoms with Crippen molar-refractivity contribution >= 4 is 22.4 Å². The second-order valence-electron chi connectivity index (χ2n) is 10.1. The first-order valence-electron chi connectivity index (χ1n) is 13.3. The zero-order chi connectivity index (χ0) is 28.5. The Labute approximate surface area is 239 Å². The maximum atomic E-state index is 13.5. The van der Waals surface area contributed by atoms with Crippen LogP contribution in [0.25, 0.3) is 39.2 Å². The number of nitrogens with zero attached hydrogens (tertiary/aromatic N) is 5. The van der Waals surface area contributed by atoms with Crippen molar-refractivity contribution in [2.45, 2.75) is 20.8 Å². The number of ether oxygens (including phenoxy) is 1. The molecule has 3 heterocycles. The summed E-state index contributed by atoms with van der Waals surface area (Å²) < 4.78 is 9.37. The maximum Gasteiger partial charge on any atom is 0.300 e. The molecule has 0 saturated heterocycles. The van der Waals surface area contributed by atoms with Crippen molar-refractivity contribution in [3.8, 4) is 34.0 Å². The van der Waals surface area contributed by atoms with E-state index in [1.807, 2.05) is 79.9 Å². The van der Waals surface area contributed by atoms with Crippen molar-refractivity contribution in [1.29, 1.82) is 0 Å². The van der Waals surface area contributed by atoms with Gasteiger partial charge in [-0.15, -0.1) is 0 Å². The minimum absolute atomic E-state index is 0.136. The molecule has 0 aliphatic carbocycles. The SMILES string of the molecule is Cc1cc(-c2nn(-c3ccccc3)cc2C=c2sc3nc(=O)c(-c4ccccc4)nn3c2=O)ccc1OCC(C)C. The van der Waals surface area contributed by atoms with Crippen LogP contribution in [0.3, 0.4) is 0 Å². The molecule has 0 N–H and O–H groups in total. The van der Waals surface area contributed by atoms with Crippen LogP contribution in [0.15, 0.2) is 94.6 Å². The summed E-state index contributed by atoms with van der Waals surface area (Å²) in [6.45, 7) is 6.88.